The van der Waals surface area contributed by atoms with Crippen LogP contribution in [-0.4, -0.2) is 19.2 Å². The minimum Gasteiger partial charge on any atom is -0.497 e. The molecule has 88 valence electrons. The van der Waals surface area contributed by atoms with Gasteiger partial charge in [0.05, 0.1) is 7.11 Å². The first-order valence-corrected chi connectivity index (χ1v) is 5.18. The van der Waals surface area contributed by atoms with Crippen LogP contribution >= 0.6 is 0 Å². The van der Waals surface area contributed by atoms with Gasteiger partial charge in [-0.3, -0.25) is 0 Å². The van der Waals surface area contributed by atoms with Crippen molar-refractivity contribution in [2.45, 2.75) is 26.5 Å². The van der Waals surface area contributed by atoms with Crippen molar-refractivity contribution in [3.05, 3.63) is 29.8 Å². The van der Waals surface area contributed by atoms with Gasteiger partial charge in [0.2, 0.25) is 0 Å². The molecule has 1 aromatic carbocycles. The lowest BCUT2D eigenvalue weighted by atomic mass is 10.2. The van der Waals surface area contributed by atoms with Gasteiger partial charge in [-0.2, -0.15) is 0 Å². The predicted molar refractivity (Wildman–Crippen MR) is 61.5 cm³/mol. The van der Waals surface area contributed by atoms with Crippen molar-refractivity contribution in [2.24, 2.45) is 0 Å². The smallest absolute Gasteiger partial charge is 0.407 e. The van der Waals surface area contributed by atoms with E-state index in [9.17, 15) is 4.79 Å². The first kappa shape index (κ1) is 12.4. The highest BCUT2D eigenvalue weighted by atomic mass is 16.5. The van der Waals surface area contributed by atoms with Gasteiger partial charge in [-0.05, 0) is 31.5 Å². The van der Waals surface area contributed by atoms with Crippen molar-refractivity contribution in [3.8, 4) is 5.75 Å². The van der Waals surface area contributed by atoms with E-state index in [1.165, 1.54) is 0 Å². The van der Waals surface area contributed by atoms with E-state index in [-0.39, 0.29) is 12.6 Å². The Bertz CT molecular complexity index is 350. The van der Waals surface area contributed by atoms with Crippen molar-refractivity contribution in [1.82, 2.24) is 5.32 Å². The zero-order valence-electron chi connectivity index (χ0n) is 9.82. The number of benzene rings is 1. The first-order chi connectivity index (χ1) is 7.61. The third-order valence-corrected chi connectivity index (χ3v) is 1.91. The van der Waals surface area contributed by atoms with E-state index in [1.54, 1.807) is 7.11 Å². The molecule has 0 atom stereocenters. The van der Waals surface area contributed by atoms with Crippen LogP contribution in [0.5, 0.6) is 5.75 Å². The minimum absolute atomic E-state index is 0.0813. The molecule has 0 unspecified atom stereocenters. The molecule has 4 nitrogen and oxygen atoms in total. The molecular weight excluding hydrogens is 206 g/mol. The van der Waals surface area contributed by atoms with Gasteiger partial charge < -0.3 is 14.8 Å². The van der Waals surface area contributed by atoms with E-state index in [1.807, 2.05) is 38.1 Å². The average molecular weight is 223 g/mol. The first-order valence-electron chi connectivity index (χ1n) is 5.18. The van der Waals surface area contributed by atoms with Crippen LogP contribution < -0.4 is 10.1 Å². The highest BCUT2D eigenvalue weighted by Gasteiger charge is 2.04. The Hall–Kier alpha value is -1.71. The van der Waals surface area contributed by atoms with E-state index < -0.39 is 6.09 Å². The Morgan fingerprint density at radius 1 is 1.44 bits per heavy atom. The standard InChI is InChI=1S/C12H17NO3/c1-9(2)13-12(14)16-8-10-5-4-6-11(7-10)15-3/h4-7,9H,8H2,1-3H3,(H,13,14). The molecule has 0 spiro atoms. The Morgan fingerprint density at radius 2 is 2.19 bits per heavy atom. The van der Waals surface area contributed by atoms with Gasteiger partial charge in [-0.25, -0.2) is 4.79 Å². The molecule has 0 aliphatic heterocycles. The molecule has 4 heteroatoms. The zero-order chi connectivity index (χ0) is 12.0. The molecular formula is C12H17NO3. The number of nitrogens with one attached hydrogen (secondary N) is 1. The normalized spacial score (nSPS) is 10.0. The van der Waals surface area contributed by atoms with Gasteiger partial charge in [0, 0.05) is 6.04 Å². The van der Waals surface area contributed by atoms with Crippen LogP contribution in [-0.2, 0) is 11.3 Å². The molecule has 1 N–H and O–H groups in total. The second kappa shape index (κ2) is 6.00. The van der Waals surface area contributed by atoms with Gasteiger partial charge in [0.1, 0.15) is 12.4 Å². The quantitative estimate of drug-likeness (QED) is 0.852. The van der Waals surface area contributed by atoms with Crippen molar-refractivity contribution < 1.29 is 14.3 Å². The van der Waals surface area contributed by atoms with E-state index in [4.69, 9.17) is 9.47 Å². The summed E-state index contributed by atoms with van der Waals surface area (Å²) in [6.45, 7) is 4.01. The second-order valence-electron chi connectivity index (χ2n) is 3.73. The number of hydrogen-bond acceptors (Lipinski definition) is 3. The molecule has 1 amide bonds. The van der Waals surface area contributed by atoms with Crippen molar-refractivity contribution in [1.29, 1.82) is 0 Å². The van der Waals surface area contributed by atoms with Crippen LogP contribution in [0.4, 0.5) is 4.79 Å². The SMILES string of the molecule is COc1cccc(COC(=O)NC(C)C)c1. The maximum Gasteiger partial charge on any atom is 0.407 e. The molecule has 0 aromatic heterocycles. The fourth-order valence-corrected chi connectivity index (χ4v) is 1.19. The Labute approximate surface area is 95.6 Å². The lowest BCUT2D eigenvalue weighted by Gasteiger charge is -2.09. The molecule has 0 fully saturated rings. The summed E-state index contributed by atoms with van der Waals surface area (Å²) in [6.07, 6.45) is -0.405. The van der Waals surface area contributed by atoms with Gasteiger partial charge >= 0.3 is 6.09 Å². The summed E-state index contributed by atoms with van der Waals surface area (Å²) >= 11 is 0. The van der Waals surface area contributed by atoms with Crippen LogP contribution in [0, 0.1) is 0 Å². The molecule has 0 saturated carbocycles. The second-order valence-corrected chi connectivity index (χ2v) is 3.73. The lowest BCUT2D eigenvalue weighted by molar-refractivity contribution is 0.137. The molecule has 0 heterocycles. The van der Waals surface area contributed by atoms with Crippen LogP contribution in [0.2, 0.25) is 0 Å². The number of hydrogen-bond donors (Lipinski definition) is 1. The molecule has 0 radical (unpaired) electrons. The topological polar surface area (TPSA) is 47.6 Å². The summed E-state index contributed by atoms with van der Waals surface area (Å²) in [5.74, 6) is 0.755. The highest BCUT2D eigenvalue weighted by molar-refractivity contribution is 5.67. The van der Waals surface area contributed by atoms with Gasteiger partial charge in [-0.1, -0.05) is 12.1 Å². The number of methoxy groups -OCH3 is 1. The third-order valence-electron chi connectivity index (χ3n) is 1.91. The third kappa shape index (κ3) is 4.21. The molecule has 0 aliphatic carbocycles. The summed E-state index contributed by atoms with van der Waals surface area (Å²) in [7, 11) is 1.60. The molecule has 0 saturated heterocycles. The number of alkyl carbamates (subject to hydrolysis) is 1. The summed E-state index contributed by atoms with van der Waals surface area (Å²) in [5.41, 5.74) is 0.901. The largest absolute Gasteiger partial charge is 0.497 e. The fourth-order valence-electron chi connectivity index (χ4n) is 1.19. The van der Waals surface area contributed by atoms with E-state index in [0.29, 0.717) is 0 Å². The van der Waals surface area contributed by atoms with Gasteiger partial charge in [0.25, 0.3) is 0 Å². The average Bonchev–Trinajstić information content (AvgIpc) is 2.26. The van der Waals surface area contributed by atoms with Gasteiger partial charge in [0.15, 0.2) is 0 Å². The van der Waals surface area contributed by atoms with Crippen LogP contribution in [0.3, 0.4) is 0 Å². The monoisotopic (exact) mass is 223 g/mol. The van der Waals surface area contributed by atoms with E-state index in [2.05, 4.69) is 5.32 Å². The van der Waals surface area contributed by atoms with Gasteiger partial charge in [-0.15, -0.1) is 0 Å². The number of rotatable bonds is 4. The Balaban J connectivity index is 2.45. The number of ether oxygens (including phenoxy) is 2. The Morgan fingerprint density at radius 3 is 2.81 bits per heavy atom. The number of amides is 1. The van der Waals surface area contributed by atoms with Crippen LogP contribution in [0.25, 0.3) is 0 Å². The number of carbonyl (C=O) groups is 1. The maximum atomic E-state index is 11.2. The van der Waals surface area contributed by atoms with Crippen molar-refractivity contribution >= 4 is 6.09 Å². The summed E-state index contributed by atoms with van der Waals surface area (Å²) in [5, 5.41) is 2.65. The van der Waals surface area contributed by atoms with E-state index in [0.717, 1.165) is 11.3 Å². The molecule has 1 rings (SSSR count). The minimum atomic E-state index is -0.405. The fraction of sp³-hybridized carbons (Fsp3) is 0.417. The lowest BCUT2D eigenvalue weighted by Crippen LogP contribution is -2.30. The van der Waals surface area contributed by atoms with Crippen LogP contribution in [0.15, 0.2) is 24.3 Å². The predicted octanol–water partition coefficient (Wildman–Crippen LogP) is 2.33. The number of carbonyl (C=O) groups excluding carboxylic acids is 1. The summed E-state index contributed by atoms with van der Waals surface area (Å²) in [6, 6.07) is 7.50. The van der Waals surface area contributed by atoms with E-state index >= 15 is 0 Å². The summed E-state index contributed by atoms with van der Waals surface area (Å²) in [4.78, 5) is 11.2. The zero-order valence-corrected chi connectivity index (χ0v) is 9.82. The van der Waals surface area contributed by atoms with Crippen LogP contribution in [0.1, 0.15) is 19.4 Å². The van der Waals surface area contributed by atoms with Crippen molar-refractivity contribution in [3.63, 3.8) is 0 Å². The summed E-state index contributed by atoms with van der Waals surface area (Å²) < 4.78 is 10.1. The molecule has 0 aliphatic rings. The Kier molecular flexibility index (Phi) is 4.64. The highest BCUT2D eigenvalue weighted by Crippen LogP contribution is 2.13. The molecule has 1 aromatic rings. The molecule has 0 bridgehead atoms. The maximum absolute atomic E-state index is 11.2. The van der Waals surface area contributed by atoms with Crippen molar-refractivity contribution in [2.75, 3.05) is 7.11 Å². The molecule has 16 heavy (non-hydrogen) atoms.